The fourth-order valence-electron chi connectivity index (χ4n) is 1.47. The summed E-state index contributed by atoms with van der Waals surface area (Å²) in [5.74, 6) is -3.60. The molecule has 0 bridgehead atoms. The SMILES string of the molecule is COc1c(Cl)cc(-c2cc(C(=O)O)no2)c(O)c1F. The number of carboxylic acids is 1. The number of hydrogen-bond acceptors (Lipinski definition) is 5. The van der Waals surface area contributed by atoms with Crippen LogP contribution in [0.15, 0.2) is 16.7 Å². The zero-order valence-corrected chi connectivity index (χ0v) is 10.2. The number of phenolic OH excluding ortho intramolecular Hbond substituents is 1. The van der Waals surface area contributed by atoms with Crippen molar-refractivity contribution in [3.05, 3.63) is 28.7 Å². The summed E-state index contributed by atoms with van der Waals surface area (Å²) in [7, 11) is 1.19. The van der Waals surface area contributed by atoms with E-state index in [1.807, 2.05) is 0 Å². The average molecular weight is 288 g/mol. The van der Waals surface area contributed by atoms with Gasteiger partial charge in [-0.05, 0) is 6.07 Å². The minimum Gasteiger partial charge on any atom is -0.504 e. The smallest absolute Gasteiger partial charge is 0.358 e. The summed E-state index contributed by atoms with van der Waals surface area (Å²) in [6.07, 6.45) is 0. The highest BCUT2D eigenvalue weighted by Gasteiger charge is 2.22. The van der Waals surface area contributed by atoms with Gasteiger partial charge in [-0.15, -0.1) is 0 Å². The molecule has 0 atom stereocenters. The molecule has 19 heavy (non-hydrogen) atoms. The number of carbonyl (C=O) groups is 1. The van der Waals surface area contributed by atoms with E-state index in [-0.39, 0.29) is 27.8 Å². The number of aromatic nitrogens is 1. The van der Waals surface area contributed by atoms with Crippen LogP contribution >= 0.6 is 11.6 Å². The molecule has 1 aromatic heterocycles. The van der Waals surface area contributed by atoms with Crippen molar-refractivity contribution < 1.29 is 28.7 Å². The third-order valence-corrected chi connectivity index (χ3v) is 2.63. The molecule has 0 aliphatic rings. The van der Waals surface area contributed by atoms with Crippen LogP contribution in [0.4, 0.5) is 4.39 Å². The van der Waals surface area contributed by atoms with Gasteiger partial charge in [0.25, 0.3) is 0 Å². The van der Waals surface area contributed by atoms with Gasteiger partial charge < -0.3 is 19.5 Å². The Hall–Kier alpha value is -2.28. The molecule has 2 N–H and O–H groups in total. The Kier molecular flexibility index (Phi) is 3.30. The molecule has 0 spiro atoms. The van der Waals surface area contributed by atoms with Crippen LogP contribution in [0.2, 0.25) is 5.02 Å². The van der Waals surface area contributed by atoms with Crippen molar-refractivity contribution in [1.29, 1.82) is 0 Å². The third-order valence-electron chi connectivity index (χ3n) is 2.35. The molecule has 0 fully saturated rings. The van der Waals surface area contributed by atoms with Crippen molar-refractivity contribution in [3.8, 4) is 22.8 Å². The van der Waals surface area contributed by atoms with Gasteiger partial charge in [-0.1, -0.05) is 16.8 Å². The highest BCUT2D eigenvalue weighted by Crippen LogP contribution is 2.41. The van der Waals surface area contributed by atoms with Crippen LogP contribution < -0.4 is 4.74 Å². The summed E-state index contributed by atoms with van der Waals surface area (Å²) in [4.78, 5) is 10.7. The summed E-state index contributed by atoms with van der Waals surface area (Å²) < 4.78 is 23.1. The van der Waals surface area contributed by atoms with Crippen molar-refractivity contribution in [2.75, 3.05) is 7.11 Å². The normalized spacial score (nSPS) is 10.5. The number of ether oxygens (including phenoxy) is 1. The van der Waals surface area contributed by atoms with Gasteiger partial charge in [-0.2, -0.15) is 4.39 Å². The van der Waals surface area contributed by atoms with Crippen LogP contribution in [-0.4, -0.2) is 28.4 Å². The van der Waals surface area contributed by atoms with Crippen molar-refractivity contribution in [3.63, 3.8) is 0 Å². The average Bonchev–Trinajstić information content (AvgIpc) is 2.84. The van der Waals surface area contributed by atoms with Crippen molar-refractivity contribution >= 4 is 17.6 Å². The van der Waals surface area contributed by atoms with E-state index >= 15 is 0 Å². The van der Waals surface area contributed by atoms with E-state index < -0.39 is 17.5 Å². The highest BCUT2D eigenvalue weighted by atomic mass is 35.5. The lowest BCUT2D eigenvalue weighted by Crippen LogP contribution is -1.94. The highest BCUT2D eigenvalue weighted by molar-refractivity contribution is 6.32. The fraction of sp³-hybridized carbons (Fsp3) is 0.0909. The van der Waals surface area contributed by atoms with Gasteiger partial charge in [0.15, 0.2) is 23.0 Å². The molecule has 100 valence electrons. The summed E-state index contributed by atoms with van der Waals surface area (Å²) in [6, 6.07) is 2.23. The van der Waals surface area contributed by atoms with Crippen molar-refractivity contribution in [2.45, 2.75) is 0 Å². The first-order valence-electron chi connectivity index (χ1n) is 4.91. The first-order valence-corrected chi connectivity index (χ1v) is 5.28. The largest absolute Gasteiger partial charge is 0.504 e. The molecule has 0 aliphatic carbocycles. The van der Waals surface area contributed by atoms with Gasteiger partial charge in [-0.3, -0.25) is 0 Å². The molecule has 1 heterocycles. The summed E-state index contributed by atoms with van der Waals surface area (Å²) in [6.45, 7) is 0. The lowest BCUT2D eigenvalue weighted by Gasteiger charge is -2.08. The Morgan fingerprint density at radius 2 is 2.21 bits per heavy atom. The quantitative estimate of drug-likeness (QED) is 0.901. The van der Waals surface area contributed by atoms with E-state index in [1.54, 1.807) is 0 Å². The maximum Gasteiger partial charge on any atom is 0.358 e. The van der Waals surface area contributed by atoms with E-state index in [0.29, 0.717) is 0 Å². The Morgan fingerprint density at radius 1 is 1.53 bits per heavy atom. The van der Waals surface area contributed by atoms with E-state index in [2.05, 4.69) is 9.89 Å². The van der Waals surface area contributed by atoms with Gasteiger partial charge in [0, 0.05) is 6.07 Å². The maximum absolute atomic E-state index is 13.7. The lowest BCUT2D eigenvalue weighted by molar-refractivity contribution is 0.0686. The second-order valence-corrected chi connectivity index (χ2v) is 3.89. The zero-order valence-electron chi connectivity index (χ0n) is 9.48. The predicted molar refractivity (Wildman–Crippen MR) is 62.1 cm³/mol. The predicted octanol–water partition coefficient (Wildman–Crippen LogP) is 2.55. The van der Waals surface area contributed by atoms with Gasteiger partial charge in [0.1, 0.15) is 0 Å². The first kappa shape index (κ1) is 13.2. The Bertz CT molecular complexity index is 655. The molecule has 8 heteroatoms. The molecule has 6 nitrogen and oxygen atoms in total. The van der Waals surface area contributed by atoms with Crippen LogP contribution in [0.1, 0.15) is 10.5 Å². The summed E-state index contributed by atoms with van der Waals surface area (Å²) in [5.41, 5.74) is -0.495. The summed E-state index contributed by atoms with van der Waals surface area (Å²) >= 11 is 5.77. The summed E-state index contributed by atoms with van der Waals surface area (Å²) in [5, 5.41) is 21.5. The van der Waals surface area contributed by atoms with Crippen LogP contribution in [0.25, 0.3) is 11.3 Å². The second-order valence-electron chi connectivity index (χ2n) is 3.48. The molecule has 0 unspecified atom stereocenters. The minimum absolute atomic E-state index is 0.0962. The van der Waals surface area contributed by atoms with Crippen LogP contribution in [-0.2, 0) is 0 Å². The number of hydrogen-bond donors (Lipinski definition) is 2. The molecular weight excluding hydrogens is 281 g/mol. The molecule has 0 saturated carbocycles. The fourth-order valence-corrected chi connectivity index (χ4v) is 1.74. The maximum atomic E-state index is 13.7. The Balaban J connectivity index is 2.59. The minimum atomic E-state index is -1.31. The Labute approximate surface area is 111 Å². The molecule has 0 radical (unpaired) electrons. The van der Waals surface area contributed by atoms with Crippen molar-refractivity contribution in [1.82, 2.24) is 5.16 Å². The topological polar surface area (TPSA) is 92.8 Å². The van der Waals surface area contributed by atoms with Gasteiger partial charge in [0.05, 0.1) is 17.7 Å². The number of aromatic hydroxyl groups is 1. The van der Waals surface area contributed by atoms with Gasteiger partial charge >= 0.3 is 5.97 Å². The molecule has 0 aliphatic heterocycles. The first-order chi connectivity index (χ1) is 8.95. The molecular formula is C11H7ClFNO5. The Morgan fingerprint density at radius 3 is 2.74 bits per heavy atom. The molecule has 2 rings (SSSR count). The monoisotopic (exact) mass is 287 g/mol. The number of methoxy groups -OCH3 is 1. The van der Waals surface area contributed by atoms with E-state index in [4.69, 9.17) is 21.2 Å². The number of phenols is 1. The molecule has 0 saturated heterocycles. The van der Waals surface area contributed by atoms with Gasteiger partial charge in [0.2, 0.25) is 5.82 Å². The van der Waals surface area contributed by atoms with Crippen LogP contribution in [0.5, 0.6) is 11.5 Å². The van der Waals surface area contributed by atoms with E-state index in [9.17, 15) is 14.3 Å². The molecule has 1 aromatic carbocycles. The number of halogens is 2. The standard InChI is InChI=1S/C11H7ClFNO5/c1-18-10-5(12)2-4(9(15)8(10)13)7-3-6(11(16)17)14-19-7/h2-3,15H,1H3,(H,16,17). The van der Waals surface area contributed by atoms with Crippen LogP contribution in [0.3, 0.4) is 0 Å². The zero-order chi connectivity index (χ0) is 14.2. The number of carboxylic acid groups (broad SMARTS) is 1. The number of aromatic carboxylic acids is 1. The number of benzene rings is 1. The van der Waals surface area contributed by atoms with E-state index in [1.165, 1.54) is 13.2 Å². The number of nitrogens with zero attached hydrogens (tertiary/aromatic N) is 1. The molecule has 0 amide bonds. The third kappa shape index (κ3) is 2.19. The van der Waals surface area contributed by atoms with Gasteiger partial charge in [-0.25, -0.2) is 4.79 Å². The van der Waals surface area contributed by atoms with E-state index in [0.717, 1.165) is 6.07 Å². The second kappa shape index (κ2) is 4.77. The van der Waals surface area contributed by atoms with Crippen molar-refractivity contribution in [2.24, 2.45) is 0 Å². The molecule has 2 aromatic rings. The lowest BCUT2D eigenvalue weighted by atomic mass is 10.1. The van der Waals surface area contributed by atoms with Crippen LogP contribution in [0, 0.1) is 5.82 Å². The number of rotatable bonds is 3.